The van der Waals surface area contributed by atoms with Crippen molar-refractivity contribution in [3.63, 3.8) is 0 Å². The lowest BCUT2D eigenvalue weighted by Crippen LogP contribution is -2.46. The number of carbonyl (C=O) groups is 2. The van der Waals surface area contributed by atoms with E-state index in [9.17, 15) is 9.59 Å². The average molecular weight is 268 g/mol. The van der Waals surface area contributed by atoms with E-state index in [-0.39, 0.29) is 11.7 Å². The van der Waals surface area contributed by atoms with Gasteiger partial charge in [0.05, 0.1) is 6.54 Å². The highest BCUT2D eigenvalue weighted by molar-refractivity contribution is 5.84. The van der Waals surface area contributed by atoms with E-state index in [1.165, 1.54) is 12.8 Å². The van der Waals surface area contributed by atoms with Gasteiger partial charge in [-0.2, -0.15) is 0 Å². The first-order valence-electron chi connectivity index (χ1n) is 7.58. The molecule has 0 atom stereocenters. The number of unbranched alkanes of at least 4 members (excludes halogenated alkanes) is 2. The Morgan fingerprint density at radius 3 is 2.42 bits per heavy atom. The maximum absolute atomic E-state index is 12.2. The summed E-state index contributed by atoms with van der Waals surface area (Å²) in [5.74, 6) is 0.463. The summed E-state index contributed by atoms with van der Waals surface area (Å²) in [6, 6.07) is 0.396. The second kappa shape index (κ2) is 8.31. The van der Waals surface area contributed by atoms with Crippen LogP contribution in [0.4, 0.5) is 0 Å². The molecule has 0 aromatic heterocycles. The normalized spacial score (nSPS) is 16.5. The van der Waals surface area contributed by atoms with Crippen LogP contribution in [-0.2, 0) is 9.59 Å². The lowest BCUT2D eigenvalue weighted by molar-refractivity contribution is -0.136. The standard InChI is InChI=1S/C15H28N2O2/c1-4-5-6-9-17(13(2)3)12-15(19)16-10-7-14(18)8-11-16/h13H,4-12H2,1-3H3. The Balaban J connectivity index is 2.40. The van der Waals surface area contributed by atoms with Gasteiger partial charge < -0.3 is 4.90 Å². The van der Waals surface area contributed by atoms with Crippen molar-refractivity contribution in [3.8, 4) is 0 Å². The number of ketones is 1. The number of hydrogen-bond donors (Lipinski definition) is 0. The predicted molar refractivity (Wildman–Crippen MR) is 77.1 cm³/mol. The quantitative estimate of drug-likeness (QED) is 0.664. The molecule has 1 aliphatic rings. The number of carbonyl (C=O) groups excluding carboxylic acids is 2. The Morgan fingerprint density at radius 2 is 1.89 bits per heavy atom. The molecule has 1 fully saturated rings. The fourth-order valence-electron chi connectivity index (χ4n) is 2.36. The number of Topliss-reactive ketones (excluding diaryl/α,β-unsaturated/α-hetero) is 1. The van der Waals surface area contributed by atoms with E-state index in [0.717, 1.165) is 13.0 Å². The minimum absolute atomic E-state index is 0.178. The zero-order valence-corrected chi connectivity index (χ0v) is 12.7. The molecule has 0 spiro atoms. The molecule has 4 heteroatoms. The Labute approximate surface area is 117 Å². The van der Waals surface area contributed by atoms with Crippen LogP contribution in [0.15, 0.2) is 0 Å². The molecule has 1 aliphatic heterocycles. The summed E-state index contributed by atoms with van der Waals surface area (Å²) in [6.07, 6.45) is 4.64. The highest BCUT2D eigenvalue weighted by Gasteiger charge is 2.23. The molecule has 0 aromatic carbocycles. The molecule has 1 saturated heterocycles. The van der Waals surface area contributed by atoms with Crippen LogP contribution >= 0.6 is 0 Å². The minimum Gasteiger partial charge on any atom is -0.341 e. The van der Waals surface area contributed by atoms with Crippen LogP contribution in [-0.4, -0.2) is 53.7 Å². The topological polar surface area (TPSA) is 40.6 Å². The molecule has 1 amide bonds. The van der Waals surface area contributed by atoms with Crippen molar-refractivity contribution in [1.82, 2.24) is 9.80 Å². The molecule has 0 N–H and O–H groups in total. The maximum atomic E-state index is 12.2. The lowest BCUT2D eigenvalue weighted by atomic mass is 10.1. The number of amides is 1. The van der Waals surface area contributed by atoms with Crippen molar-refractivity contribution in [2.45, 2.75) is 58.9 Å². The van der Waals surface area contributed by atoms with Gasteiger partial charge in [0.25, 0.3) is 0 Å². The first-order valence-corrected chi connectivity index (χ1v) is 7.58. The van der Waals surface area contributed by atoms with E-state index in [2.05, 4.69) is 25.7 Å². The van der Waals surface area contributed by atoms with Gasteiger partial charge >= 0.3 is 0 Å². The van der Waals surface area contributed by atoms with Crippen LogP contribution in [0.25, 0.3) is 0 Å². The van der Waals surface area contributed by atoms with Crippen LogP contribution in [0.2, 0.25) is 0 Å². The Hall–Kier alpha value is -0.900. The molecule has 1 rings (SSSR count). The highest BCUT2D eigenvalue weighted by atomic mass is 16.2. The van der Waals surface area contributed by atoms with Crippen LogP contribution in [0.1, 0.15) is 52.9 Å². The summed E-state index contributed by atoms with van der Waals surface area (Å²) in [6.45, 7) is 9.17. The van der Waals surface area contributed by atoms with Gasteiger partial charge in [0.2, 0.25) is 5.91 Å². The third-order valence-corrected chi connectivity index (χ3v) is 3.79. The number of piperidine rings is 1. The number of nitrogens with zero attached hydrogens (tertiary/aromatic N) is 2. The second-order valence-electron chi connectivity index (χ2n) is 5.69. The van der Waals surface area contributed by atoms with Gasteiger partial charge in [0, 0.05) is 32.0 Å². The molecular weight excluding hydrogens is 240 g/mol. The summed E-state index contributed by atoms with van der Waals surface area (Å²) >= 11 is 0. The van der Waals surface area contributed by atoms with Gasteiger partial charge in [-0.1, -0.05) is 19.8 Å². The molecule has 0 unspecified atom stereocenters. The maximum Gasteiger partial charge on any atom is 0.236 e. The van der Waals surface area contributed by atoms with Gasteiger partial charge in [-0.15, -0.1) is 0 Å². The fourth-order valence-corrected chi connectivity index (χ4v) is 2.36. The number of likely N-dealkylation sites (tertiary alicyclic amines) is 1. The third kappa shape index (κ3) is 5.72. The van der Waals surface area contributed by atoms with Crippen molar-refractivity contribution >= 4 is 11.7 Å². The smallest absolute Gasteiger partial charge is 0.236 e. The molecular formula is C15H28N2O2. The molecule has 110 valence electrons. The third-order valence-electron chi connectivity index (χ3n) is 3.79. The number of rotatable bonds is 7. The predicted octanol–water partition coefficient (Wildman–Crippen LogP) is 2.08. The summed E-state index contributed by atoms with van der Waals surface area (Å²) in [4.78, 5) is 27.5. The van der Waals surface area contributed by atoms with Crippen molar-refractivity contribution < 1.29 is 9.59 Å². The molecule has 0 aromatic rings. The van der Waals surface area contributed by atoms with E-state index in [1.807, 2.05) is 4.90 Å². The molecule has 4 nitrogen and oxygen atoms in total. The first kappa shape index (κ1) is 16.2. The second-order valence-corrected chi connectivity index (χ2v) is 5.69. The van der Waals surface area contributed by atoms with E-state index >= 15 is 0 Å². The zero-order chi connectivity index (χ0) is 14.3. The van der Waals surface area contributed by atoms with Crippen LogP contribution in [0.5, 0.6) is 0 Å². The van der Waals surface area contributed by atoms with E-state index in [1.54, 1.807) is 0 Å². The zero-order valence-electron chi connectivity index (χ0n) is 12.7. The molecule has 0 saturated carbocycles. The van der Waals surface area contributed by atoms with Gasteiger partial charge in [0.15, 0.2) is 0 Å². The number of hydrogen-bond acceptors (Lipinski definition) is 3. The van der Waals surface area contributed by atoms with Gasteiger partial charge in [-0.05, 0) is 26.8 Å². The van der Waals surface area contributed by atoms with E-state index in [4.69, 9.17) is 0 Å². The molecule has 1 heterocycles. The monoisotopic (exact) mass is 268 g/mol. The van der Waals surface area contributed by atoms with E-state index < -0.39 is 0 Å². The lowest BCUT2D eigenvalue weighted by Gasteiger charge is -2.31. The summed E-state index contributed by atoms with van der Waals surface area (Å²) < 4.78 is 0. The van der Waals surface area contributed by atoms with E-state index in [0.29, 0.717) is 38.5 Å². The summed E-state index contributed by atoms with van der Waals surface area (Å²) in [5, 5.41) is 0. The molecule has 0 bridgehead atoms. The summed E-state index contributed by atoms with van der Waals surface area (Å²) in [7, 11) is 0. The molecule has 19 heavy (non-hydrogen) atoms. The van der Waals surface area contributed by atoms with Crippen LogP contribution < -0.4 is 0 Å². The highest BCUT2D eigenvalue weighted by Crippen LogP contribution is 2.09. The molecule has 0 aliphatic carbocycles. The van der Waals surface area contributed by atoms with Gasteiger partial charge in [-0.25, -0.2) is 0 Å². The first-order chi connectivity index (χ1) is 9.04. The van der Waals surface area contributed by atoms with Crippen molar-refractivity contribution in [1.29, 1.82) is 0 Å². The van der Waals surface area contributed by atoms with Crippen LogP contribution in [0.3, 0.4) is 0 Å². The fraction of sp³-hybridized carbons (Fsp3) is 0.867. The van der Waals surface area contributed by atoms with Crippen molar-refractivity contribution in [3.05, 3.63) is 0 Å². The Bertz CT molecular complexity index is 293. The minimum atomic E-state index is 0.178. The SMILES string of the molecule is CCCCCN(CC(=O)N1CCC(=O)CC1)C(C)C. The molecule has 0 radical (unpaired) electrons. The van der Waals surface area contributed by atoms with Crippen LogP contribution in [0, 0.1) is 0 Å². The van der Waals surface area contributed by atoms with Crippen molar-refractivity contribution in [2.24, 2.45) is 0 Å². The Morgan fingerprint density at radius 1 is 1.26 bits per heavy atom. The average Bonchev–Trinajstić information content (AvgIpc) is 2.38. The van der Waals surface area contributed by atoms with Gasteiger partial charge in [-0.3, -0.25) is 14.5 Å². The Kier molecular flexibility index (Phi) is 7.06. The summed E-state index contributed by atoms with van der Waals surface area (Å²) in [5.41, 5.74) is 0. The van der Waals surface area contributed by atoms with Gasteiger partial charge in [0.1, 0.15) is 5.78 Å². The largest absolute Gasteiger partial charge is 0.341 e. The van der Waals surface area contributed by atoms with Crippen molar-refractivity contribution in [2.75, 3.05) is 26.2 Å².